The third-order valence-corrected chi connectivity index (χ3v) is 3.37. The standard InChI is InChI=1S/C18H18N2O2/c21-11-10-16-12-19-18(20-16)15-6-8-17(9-7-15)22-13-14-4-2-1-3-5-14/h1-9,12,21H,10-11,13H2,(H,19,20). The molecule has 22 heavy (non-hydrogen) atoms. The van der Waals surface area contributed by atoms with Gasteiger partial charge in [0.1, 0.15) is 18.2 Å². The summed E-state index contributed by atoms with van der Waals surface area (Å²) in [6.45, 7) is 0.665. The Labute approximate surface area is 129 Å². The van der Waals surface area contributed by atoms with Gasteiger partial charge in [0, 0.05) is 24.8 Å². The first-order valence-corrected chi connectivity index (χ1v) is 7.27. The van der Waals surface area contributed by atoms with Crippen LogP contribution in [0.5, 0.6) is 5.75 Å². The molecule has 1 aromatic heterocycles. The van der Waals surface area contributed by atoms with Gasteiger partial charge in [-0.3, -0.25) is 0 Å². The fourth-order valence-corrected chi connectivity index (χ4v) is 2.20. The van der Waals surface area contributed by atoms with Gasteiger partial charge in [-0.05, 0) is 29.8 Å². The Morgan fingerprint density at radius 2 is 1.77 bits per heavy atom. The van der Waals surface area contributed by atoms with Gasteiger partial charge in [-0.25, -0.2) is 4.98 Å². The lowest BCUT2D eigenvalue weighted by Crippen LogP contribution is -1.94. The first-order chi connectivity index (χ1) is 10.8. The number of hydrogen-bond acceptors (Lipinski definition) is 3. The number of rotatable bonds is 6. The van der Waals surface area contributed by atoms with E-state index >= 15 is 0 Å². The van der Waals surface area contributed by atoms with Crippen LogP contribution in [0.1, 0.15) is 11.3 Å². The monoisotopic (exact) mass is 294 g/mol. The second-order valence-electron chi connectivity index (χ2n) is 5.01. The van der Waals surface area contributed by atoms with E-state index < -0.39 is 0 Å². The van der Waals surface area contributed by atoms with Crippen LogP contribution in [0.2, 0.25) is 0 Å². The zero-order valence-corrected chi connectivity index (χ0v) is 12.2. The van der Waals surface area contributed by atoms with Crippen molar-refractivity contribution < 1.29 is 9.84 Å². The summed E-state index contributed by atoms with van der Waals surface area (Å²) in [4.78, 5) is 7.56. The first kappa shape index (κ1) is 14.4. The van der Waals surface area contributed by atoms with Crippen molar-refractivity contribution in [2.75, 3.05) is 6.61 Å². The summed E-state index contributed by atoms with van der Waals surface area (Å²) in [6, 6.07) is 17.9. The van der Waals surface area contributed by atoms with E-state index in [2.05, 4.69) is 9.97 Å². The molecule has 2 aromatic carbocycles. The van der Waals surface area contributed by atoms with Crippen LogP contribution in [-0.2, 0) is 13.0 Å². The molecule has 4 nitrogen and oxygen atoms in total. The number of aliphatic hydroxyl groups excluding tert-OH is 1. The largest absolute Gasteiger partial charge is 0.489 e. The minimum absolute atomic E-state index is 0.108. The van der Waals surface area contributed by atoms with Gasteiger partial charge in [0.15, 0.2) is 0 Å². The molecule has 0 fully saturated rings. The molecular formula is C18H18N2O2. The SMILES string of the molecule is OCCc1c[nH]c(-c2ccc(OCc3ccccc3)cc2)n1. The van der Waals surface area contributed by atoms with Crippen LogP contribution in [0.15, 0.2) is 60.8 Å². The molecule has 0 aliphatic rings. The average molecular weight is 294 g/mol. The molecule has 0 aliphatic carbocycles. The quantitative estimate of drug-likeness (QED) is 0.734. The summed E-state index contributed by atoms with van der Waals surface area (Å²) in [6.07, 6.45) is 2.39. The van der Waals surface area contributed by atoms with Crippen molar-refractivity contribution >= 4 is 0 Å². The van der Waals surface area contributed by atoms with Crippen LogP contribution in [-0.4, -0.2) is 21.7 Å². The summed E-state index contributed by atoms with van der Waals surface area (Å²) >= 11 is 0. The van der Waals surface area contributed by atoms with Crippen molar-refractivity contribution in [2.45, 2.75) is 13.0 Å². The van der Waals surface area contributed by atoms with Gasteiger partial charge in [-0.2, -0.15) is 0 Å². The summed E-state index contributed by atoms with van der Waals surface area (Å²) < 4.78 is 5.76. The minimum atomic E-state index is 0.108. The molecule has 112 valence electrons. The van der Waals surface area contributed by atoms with E-state index in [0.29, 0.717) is 13.0 Å². The third kappa shape index (κ3) is 3.54. The number of nitrogens with zero attached hydrogens (tertiary/aromatic N) is 1. The van der Waals surface area contributed by atoms with Crippen molar-refractivity contribution in [3.05, 3.63) is 72.1 Å². The van der Waals surface area contributed by atoms with Crippen molar-refractivity contribution in [3.8, 4) is 17.1 Å². The molecular weight excluding hydrogens is 276 g/mol. The summed E-state index contributed by atoms with van der Waals surface area (Å²) in [7, 11) is 0. The van der Waals surface area contributed by atoms with E-state index in [9.17, 15) is 0 Å². The van der Waals surface area contributed by atoms with Crippen molar-refractivity contribution in [3.63, 3.8) is 0 Å². The van der Waals surface area contributed by atoms with Gasteiger partial charge in [-0.1, -0.05) is 30.3 Å². The van der Waals surface area contributed by atoms with E-state index in [1.807, 2.05) is 60.8 Å². The number of benzene rings is 2. The number of imidazole rings is 1. The zero-order chi connectivity index (χ0) is 15.2. The molecule has 0 saturated heterocycles. The number of nitrogens with one attached hydrogen (secondary N) is 1. The van der Waals surface area contributed by atoms with Crippen molar-refractivity contribution in [2.24, 2.45) is 0 Å². The molecule has 0 unspecified atom stereocenters. The Morgan fingerprint density at radius 3 is 2.50 bits per heavy atom. The summed E-state index contributed by atoms with van der Waals surface area (Å²) in [5.41, 5.74) is 3.00. The topological polar surface area (TPSA) is 58.1 Å². The number of hydrogen-bond donors (Lipinski definition) is 2. The minimum Gasteiger partial charge on any atom is -0.489 e. The lowest BCUT2D eigenvalue weighted by Gasteiger charge is -2.06. The third-order valence-electron chi connectivity index (χ3n) is 3.37. The van der Waals surface area contributed by atoms with Crippen LogP contribution >= 0.6 is 0 Å². The van der Waals surface area contributed by atoms with Crippen LogP contribution in [0.3, 0.4) is 0 Å². The highest BCUT2D eigenvalue weighted by atomic mass is 16.5. The van der Waals surface area contributed by atoms with E-state index in [1.165, 1.54) is 0 Å². The molecule has 0 saturated carbocycles. The highest BCUT2D eigenvalue weighted by Gasteiger charge is 2.04. The van der Waals surface area contributed by atoms with Crippen LogP contribution in [0, 0.1) is 0 Å². The lowest BCUT2D eigenvalue weighted by atomic mass is 10.2. The predicted molar refractivity (Wildman–Crippen MR) is 85.6 cm³/mol. The normalized spacial score (nSPS) is 10.6. The highest BCUT2D eigenvalue weighted by molar-refractivity contribution is 5.56. The molecule has 1 heterocycles. The van der Waals surface area contributed by atoms with Crippen LogP contribution < -0.4 is 4.74 Å². The van der Waals surface area contributed by atoms with E-state index in [4.69, 9.17) is 9.84 Å². The van der Waals surface area contributed by atoms with Crippen LogP contribution in [0.25, 0.3) is 11.4 Å². The second-order valence-corrected chi connectivity index (χ2v) is 5.01. The smallest absolute Gasteiger partial charge is 0.137 e. The molecule has 0 atom stereocenters. The maximum absolute atomic E-state index is 8.92. The Balaban J connectivity index is 1.64. The molecule has 3 aromatic rings. The second kappa shape index (κ2) is 6.91. The molecule has 0 spiro atoms. The zero-order valence-electron chi connectivity index (χ0n) is 12.2. The molecule has 3 rings (SSSR count). The molecule has 4 heteroatoms. The number of H-pyrrole nitrogens is 1. The maximum Gasteiger partial charge on any atom is 0.137 e. The molecule has 0 bridgehead atoms. The fraction of sp³-hybridized carbons (Fsp3) is 0.167. The van der Waals surface area contributed by atoms with E-state index in [0.717, 1.165) is 28.4 Å². The first-order valence-electron chi connectivity index (χ1n) is 7.27. The van der Waals surface area contributed by atoms with Gasteiger partial charge >= 0.3 is 0 Å². The molecule has 0 amide bonds. The van der Waals surface area contributed by atoms with Gasteiger partial charge in [-0.15, -0.1) is 0 Å². The maximum atomic E-state index is 8.92. The van der Waals surface area contributed by atoms with Crippen LogP contribution in [0.4, 0.5) is 0 Å². The van der Waals surface area contributed by atoms with Crippen molar-refractivity contribution in [1.29, 1.82) is 0 Å². The predicted octanol–water partition coefficient (Wildman–Crippen LogP) is 3.19. The van der Waals surface area contributed by atoms with E-state index in [1.54, 1.807) is 0 Å². The number of aromatic amines is 1. The van der Waals surface area contributed by atoms with Gasteiger partial charge in [0.05, 0.1) is 5.69 Å². The average Bonchev–Trinajstić information content (AvgIpc) is 3.03. The lowest BCUT2D eigenvalue weighted by molar-refractivity contribution is 0.298. The van der Waals surface area contributed by atoms with E-state index in [-0.39, 0.29) is 6.61 Å². The molecule has 0 radical (unpaired) electrons. The molecule has 0 aliphatic heterocycles. The van der Waals surface area contributed by atoms with Gasteiger partial charge in [0.2, 0.25) is 0 Å². The Hall–Kier alpha value is -2.59. The van der Waals surface area contributed by atoms with Gasteiger partial charge < -0.3 is 14.8 Å². The van der Waals surface area contributed by atoms with Crippen molar-refractivity contribution in [1.82, 2.24) is 9.97 Å². The Bertz CT molecular complexity index is 705. The molecule has 2 N–H and O–H groups in total. The number of ether oxygens (including phenoxy) is 1. The summed E-state index contributed by atoms with van der Waals surface area (Å²) in [5.74, 6) is 1.63. The number of aromatic nitrogens is 2. The summed E-state index contributed by atoms with van der Waals surface area (Å²) in [5, 5.41) is 8.92. The Morgan fingerprint density at radius 1 is 1.00 bits per heavy atom. The van der Waals surface area contributed by atoms with Gasteiger partial charge in [0.25, 0.3) is 0 Å². The number of aliphatic hydroxyl groups is 1. The Kier molecular flexibility index (Phi) is 4.51. The fourth-order valence-electron chi connectivity index (χ4n) is 2.20. The highest BCUT2D eigenvalue weighted by Crippen LogP contribution is 2.20.